The average molecular weight is 246 g/mol. The highest BCUT2D eigenvalue weighted by molar-refractivity contribution is 7.14. The summed E-state index contributed by atoms with van der Waals surface area (Å²) in [4.78, 5) is 11.7. The van der Waals surface area contributed by atoms with Crippen molar-refractivity contribution in [3.63, 3.8) is 0 Å². The van der Waals surface area contributed by atoms with Crippen molar-refractivity contribution in [2.45, 2.75) is 32.7 Å². The Balaban J connectivity index is 2.37. The zero-order valence-electron chi connectivity index (χ0n) is 9.26. The second-order valence-corrected chi connectivity index (χ2v) is 6.03. The number of hydrogen-bond donors (Lipinski definition) is 1. The van der Waals surface area contributed by atoms with Gasteiger partial charge in [-0.25, -0.2) is 0 Å². The molecule has 0 spiro atoms. The van der Waals surface area contributed by atoms with E-state index in [1.807, 2.05) is 5.38 Å². The smallest absolute Gasteiger partial charge is 0.165 e. The molecule has 1 aromatic rings. The Labute approximate surface area is 99.6 Å². The Morgan fingerprint density at radius 3 is 2.67 bits per heavy atom. The van der Waals surface area contributed by atoms with E-state index >= 15 is 0 Å². The molecular weight excluding hydrogens is 230 g/mol. The van der Waals surface area contributed by atoms with E-state index in [1.54, 1.807) is 6.07 Å². The first-order chi connectivity index (χ1) is 6.88. The highest BCUT2D eigenvalue weighted by atomic mass is 35.5. The van der Waals surface area contributed by atoms with Crippen LogP contribution in [0.1, 0.15) is 37.6 Å². The van der Waals surface area contributed by atoms with Crippen LogP contribution in [0.2, 0.25) is 4.34 Å². The van der Waals surface area contributed by atoms with Gasteiger partial charge in [-0.05, 0) is 26.8 Å². The molecule has 0 aliphatic heterocycles. The van der Waals surface area contributed by atoms with Gasteiger partial charge >= 0.3 is 0 Å². The number of thiophene rings is 1. The first-order valence-corrected chi connectivity index (χ1v) is 6.16. The van der Waals surface area contributed by atoms with Crippen LogP contribution in [0, 0.1) is 0 Å². The van der Waals surface area contributed by atoms with Crippen molar-refractivity contribution >= 4 is 28.7 Å². The molecule has 0 saturated carbocycles. The minimum Gasteiger partial charge on any atom is -0.312 e. The molecule has 0 bridgehead atoms. The van der Waals surface area contributed by atoms with Crippen LogP contribution in [0.25, 0.3) is 0 Å². The van der Waals surface area contributed by atoms with Gasteiger partial charge in [0.25, 0.3) is 0 Å². The number of nitrogens with one attached hydrogen (secondary N) is 1. The second kappa shape index (κ2) is 5.10. The molecule has 0 radical (unpaired) electrons. The van der Waals surface area contributed by atoms with Gasteiger partial charge in [0.15, 0.2) is 5.78 Å². The van der Waals surface area contributed by atoms with Crippen molar-refractivity contribution in [1.29, 1.82) is 0 Å². The van der Waals surface area contributed by atoms with E-state index in [9.17, 15) is 4.79 Å². The number of carbonyl (C=O) groups excluding carboxylic acids is 1. The normalized spacial score (nSPS) is 11.7. The van der Waals surface area contributed by atoms with Crippen molar-refractivity contribution in [2.24, 2.45) is 0 Å². The summed E-state index contributed by atoms with van der Waals surface area (Å²) in [6.45, 7) is 6.95. The molecule has 0 amide bonds. The molecule has 0 aromatic carbocycles. The topological polar surface area (TPSA) is 29.1 Å². The highest BCUT2D eigenvalue weighted by Gasteiger charge is 2.11. The quantitative estimate of drug-likeness (QED) is 0.825. The van der Waals surface area contributed by atoms with Gasteiger partial charge in [-0.3, -0.25) is 4.79 Å². The highest BCUT2D eigenvalue weighted by Crippen LogP contribution is 2.20. The van der Waals surface area contributed by atoms with E-state index < -0.39 is 0 Å². The molecule has 1 aromatic heterocycles. The Morgan fingerprint density at radius 1 is 1.53 bits per heavy atom. The lowest BCUT2D eigenvalue weighted by atomic mass is 10.1. The summed E-state index contributed by atoms with van der Waals surface area (Å²) in [5, 5.41) is 5.09. The van der Waals surface area contributed by atoms with Gasteiger partial charge in [-0.2, -0.15) is 0 Å². The Hall–Kier alpha value is -0.380. The predicted molar refractivity (Wildman–Crippen MR) is 66.0 cm³/mol. The minimum absolute atomic E-state index is 0.0621. The zero-order valence-corrected chi connectivity index (χ0v) is 10.8. The summed E-state index contributed by atoms with van der Waals surface area (Å²) in [6, 6.07) is 1.73. The summed E-state index contributed by atoms with van der Waals surface area (Å²) in [5.74, 6) is 0.148. The molecule has 15 heavy (non-hydrogen) atoms. The maximum Gasteiger partial charge on any atom is 0.165 e. The predicted octanol–water partition coefficient (Wildman–Crippen LogP) is 3.36. The Bertz CT molecular complexity index is 341. The van der Waals surface area contributed by atoms with E-state index in [-0.39, 0.29) is 11.3 Å². The molecule has 1 rings (SSSR count). The van der Waals surface area contributed by atoms with Crippen LogP contribution in [0.4, 0.5) is 0 Å². The summed E-state index contributed by atoms with van der Waals surface area (Å²) in [7, 11) is 0. The number of hydrogen-bond acceptors (Lipinski definition) is 3. The average Bonchev–Trinajstić information content (AvgIpc) is 2.49. The van der Waals surface area contributed by atoms with Gasteiger partial charge in [-0.15, -0.1) is 11.3 Å². The van der Waals surface area contributed by atoms with Crippen LogP contribution in [-0.2, 0) is 0 Å². The van der Waals surface area contributed by atoms with E-state index in [4.69, 9.17) is 11.6 Å². The molecule has 0 saturated heterocycles. The van der Waals surface area contributed by atoms with Crippen LogP contribution >= 0.6 is 22.9 Å². The Kier molecular flexibility index (Phi) is 4.32. The molecule has 0 aliphatic carbocycles. The molecular formula is C11H16ClNOS. The summed E-state index contributed by atoms with van der Waals surface area (Å²) >= 11 is 7.16. The minimum atomic E-state index is 0.0621. The third-order valence-electron chi connectivity index (χ3n) is 1.90. The van der Waals surface area contributed by atoms with Crippen molar-refractivity contribution in [1.82, 2.24) is 5.32 Å². The van der Waals surface area contributed by atoms with E-state index in [0.29, 0.717) is 17.3 Å². The van der Waals surface area contributed by atoms with Crippen molar-refractivity contribution in [2.75, 3.05) is 6.54 Å². The van der Waals surface area contributed by atoms with Crippen LogP contribution in [0.3, 0.4) is 0 Å². The van der Waals surface area contributed by atoms with Gasteiger partial charge in [0.05, 0.1) is 4.34 Å². The molecule has 0 aliphatic rings. The number of Topliss-reactive ketones (excluding diaryl/α,β-unsaturated/α-hetero) is 1. The van der Waals surface area contributed by atoms with Crippen molar-refractivity contribution in [3.05, 3.63) is 21.3 Å². The lowest BCUT2D eigenvalue weighted by molar-refractivity contribution is 0.0981. The van der Waals surface area contributed by atoms with E-state index in [2.05, 4.69) is 26.1 Å². The largest absolute Gasteiger partial charge is 0.312 e. The number of halogens is 1. The second-order valence-electron chi connectivity index (χ2n) is 4.49. The molecule has 4 heteroatoms. The molecule has 1 N–H and O–H groups in total. The lowest BCUT2D eigenvalue weighted by Crippen LogP contribution is -2.37. The van der Waals surface area contributed by atoms with Crippen molar-refractivity contribution < 1.29 is 4.79 Å². The molecule has 0 fully saturated rings. The van der Waals surface area contributed by atoms with Gasteiger partial charge in [0.2, 0.25) is 0 Å². The third kappa shape index (κ3) is 4.78. The van der Waals surface area contributed by atoms with Crippen LogP contribution in [0.15, 0.2) is 11.4 Å². The lowest BCUT2D eigenvalue weighted by Gasteiger charge is -2.19. The molecule has 0 unspecified atom stereocenters. The first-order valence-electron chi connectivity index (χ1n) is 4.91. The van der Waals surface area contributed by atoms with Gasteiger partial charge in [0, 0.05) is 29.4 Å². The fraction of sp³-hybridized carbons (Fsp3) is 0.545. The maximum atomic E-state index is 11.7. The fourth-order valence-corrected chi connectivity index (χ4v) is 2.04. The number of carbonyl (C=O) groups is 1. The van der Waals surface area contributed by atoms with Crippen LogP contribution in [-0.4, -0.2) is 17.9 Å². The van der Waals surface area contributed by atoms with E-state index in [0.717, 1.165) is 5.56 Å². The van der Waals surface area contributed by atoms with Gasteiger partial charge in [0.1, 0.15) is 0 Å². The number of ketones is 1. The van der Waals surface area contributed by atoms with E-state index in [1.165, 1.54) is 11.3 Å². The maximum absolute atomic E-state index is 11.7. The summed E-state index contributed by atoms with van der Waals surface area (Å²) in [5.41, 5.74) is 0.785. The van der Waals surface area contributed by atoms with Crippen LogP contribution < -0.4 is 5.32 Å². The fourth-order valence-electron chi connectivity index (χ4n) is 1.15. The number of rotatable bonds is 4. The van der Waals surface area contributed by atoms with Crippen LogP contribution in [0.5, 0.6) is 0 Å². The monoisotopic (exact) mass is 245 g/mol. The third-order valence-corrected chi connectivity index (χ3v) is 2.99. The molecule has 0 atom stereocenters. The standard InChI is InChI=1S/C11H16ClNOS/c1-11(2,3)13-5-4-9(14)8-6-10(12)15-7-8/h6-7,13H,4-5H2,1-3H3. The van der Waals surface area contributed by atoms with Crippen molar-refractivity contribution in [3.8, 4) is 0 Å². The summed E-state index contributed by atoms with van der Waals surface area (Å²) < 4.78 is 0.669. The Morgan fingerprint density at radius 2 is 2.20 bits per heavy atom. The SMILES string of the molecule is CC(C)(C)NCCC(=O)c1csc(Cl)c1. The molecule has 1 heterocycles. The summed E-state index contributed by atoms with van der Waals surface area (Å²) in [6.07, 6.45) is 0.518. The zero-order chi connectivity index (χ0) is 11.5. The van der Waals surface area contributed by atoms with Gasteiger partial charge in [-0.1, -0.05) is 11.6 Å². The van der Waals surface area contributed by atoms with Gasteiger partial charge < -0.3 is 5.32 Å². The molecule has 2 nitrogen and oxygen atoms in total. The first kappa shape index (κ1) is 12.7. The molecule has 84 valence electrons.